The third kappa shape index (κ3) is 5.52. The highest BCUT2D eigenvalue weighted by Gasteiger charge is 2.14. The first-order chi connectivity index (χ1) is 10.0. The first kappa shape index (κ1) is 18.3. The summed E-state index contributed by atoms with van der Waals surface area (Å²) in [5.41, 5.74) is 8.43. The van der Waals surface area contributed by atoms with Crippen molar-refractivity contribution in [2.45, 2.75) is 71.9 Å². The Kier molecular flexibility index (Phi) is 8.13. The smallest absolute Gasteiger partial charge is 0.0459 e. The number of unbranched alkanes of at least 4 members (excludes halogenated alkanes) is 1. The standard InChI is InChI=1S/C18H31ClN2/c1-5-8-11-21(14(4)6-2)17-10-9-15(18(19)13-17)12-16(20)7-3/h9-10,13-14,16H,5-8,11-12,20H2,1-4H3. The Morgan fingerprint density at radius 1 is 1.19 bits per heavy atom. The second kappa shape index (κ2) is 9.32. The number of hydrogen-bond donors (Lipinski definition) is 1. The minimum Gasteiger partial charge on any atom is -0.369 e. The lowest BCUT2D eigenvalue weighted by molar-refractivity contribution is 0.595. The van der Waals surface area contributed by atoms with E-state index < -0.39 is 0 Å². The molecule has 1 aromatic rings. The van der Waals surface area contributed by atoms with Crippen LogP contribution in [0.1, 0.15) is 58.9 Å². The van der Waals surface area contributed by atoms with Crippen molar-refractivity contribution in [3.8, 4) is 0 Å². The van der Waals surface area contributed by atoms with Gasteiger partial charge >= 0.3 is 0 Å². The van der Waals surface area contributed by atoms with Gasteiger partial charge in [0.1, 0.15) is 0 Å². The summed E-state index contributed by atoms with van der Waals surface area (Å²) in [6.07, 6.45) is 5.40. The molecule has 120 valence electrons. The van der Waals surface area contributed by atoms with Gasteiger partial charge in [-0.3, -0.25) is 0 Å². The van der Waals surface area contributed by atoms with E-state index in [2.05, 4.69) is 50.8 Å². The maximum absolute atomic E-state index is 6.47. The van der Waals surface area contributed by atoms with Gasteiger partial charge in [-0.2, -0.15) is 0 Å². The summed E-state index contributed by atoms with van der Waals surface area (Å²) in [6, 6.07) is 7.19. The molecule has 0 bridgehead atoms. The van der Waals surface area contributed by atoms with Crippen LogP contribution in [0.4, 0.5) is 5.69 Å². The van der Waals surface area contributed by atoms with Crippen LogP contribution in [0.2, 0.25) is 5.02 Å². The predicted molar refractivity (Wildman–Crippen MR) is 95.4 cm³/mol. The minimum absolute atomic E-state index is 0.194. The second-order valence-corrected chi connectivity index (χ2v) is 6.36. The number of benzene rings is 1. The molecule has 2 N–H and O–H groups in total. The van der Waals surface area contributed by atoms with Gasteiger partial charge in [-0.05, 0) is 50.3 Å². The minimum atomic E-state index is 0.194. The van der Waals surface area contributed by atoms with Crippen LogP contribution in [-0.4, -0.2) is 18.6 Å². The van der Waals surface area contributed by atoms with Gasteiger partial charge in [0, 0.05) is 29.3 Å². The van der Waals surface area contributed by atoms with Gasteiger partial charge in [0.15, 0.2) is 0 Å². The van der Waals surface area contributed by atoms with Crippen molar-refractivity contribution in [2.75, 3.05) is 11.4 Å². The van der Waals surface area contributed by atoms with Gasteiger partial charge in [-0.15, -0.1) is 0 Å². The Morgan fingerprint density at radius 2 is 1.90 bits per heavy atom. The number of nitrogens with two attached hydrogens (primary N) is 1. The summed E-state index contributed by atoms with van der Waals surface area (Å²) in [7, 11) is 0. The zero-order chi connectivity index (χ0) is 15.8. The molecule has 0 aliphatic heterocycles. The van der Waals surface area contributed by atoms with Crippen molar-refractivity contribution < 1.29 is 0 Å². The fourth-order valence-corrected chi connectivity index (χ4v) is 2.71. The van der Waals surface area contributed by atoms with Gasteiger partial charge in [0.2, 0.25) is 0 Å². The van der Waals surface area contributed by atoms with Crippen LogP contribution in [0.5, 0.6) is 0 Å². The summed E-state index contributed by atoms with van der Waals surface area (Å²) in [6.45, 7) is 9.96. The number of hydrogen-bond acceptors (Lipinski definition) is 2. The molecule has 0 spiro atoms. The predicted octanol–water partition coefficient (Wildman–Crippen LogP) is 5.02. The molecule has 0 aliphatic carbocycles. The molecule has 0 radical (unpaired) electrons. The van der Waals surface area contributed by atoms with Crippen LogP contribution in [-0.2, 0) is 6.42 Å². The molecule has 21 heavy (non-hydrogen) atoms. The highest BCUT2D eigenvalue weighted by atomic mass is 35.5. The molecule has 3 heteroatoms. The van der Waals surface area contributed by atoms with Gasteiger partial charge in [0.25, 0.3) is 0 Å². The zero-order valence-electron chi connectivity index (χ0n) is 14.0. The number of nitrogens with zero attached hydrogens (tertiary/aromatic N) is 1. The number of rotatable bonds is 9. The third-order valence-corrected chi connectivity index (χ3v) is 4.60. The molecule has 0 amide bonds. The Labute approximate surface area is 135 Å². The monoisotopic (exact) mass is 310 g/mol. The first-order valence-electron chi connectivity index (χ1n) is 8.34. The van der Waals surface area contributed by atoms with E-state index in [-0.39, 0.29) is 6.04 Å². The molecule has 0 fully saturated rings. The van der Waals surface area contributed by atoms with Gasteiger partial charge < -0.3 is 10.6 Å². The Balaban J connectivity index is 2.92. The van der Waals surface area contributed by atoms with Crippen molar-refractivity contribution in [1.82, 2.24) is 0 Å². The lowest BCUT2D eigenvalue weighted by atomic mass is 10.0. The molecular formula is C18H31ClN2. The summed E-state index contributed by atoms with van der Waals surface area (Å²) >= 11 is 6.47. The maximum Gasteiger partial charge on any atom is 0.0459 e. The van der Waals surface area contributed by atoms with Crippen LogP contribution < -0.4 is 10.6 Å². The molecule has 1 aromatic carbocycles. The van der Waals surface area contributed by atoms with E-state index in [0.29, 0.717) is 6.04 Å². The summed E-state index contributed by atoms with van der Waals surface area (Å²) in [5.74, 6) is 0. The van der Waals surface area contributed by atoms with E-state index in [4.69, 9.17) is 17.3 Å². The molecule has 0 saturated carbocycles. The van der Waals surface area contributed by atoms with Crippen LogP contribution in [0.15, 0.2) is 18.2 Å². The first-order valence-corrected chi connectivity index (χ1v) is 8.71. The van der Waals surface area contributed by atoms with Crippen molar-refractivity contribution >= 4 is 17.3 Å². The zero-order valence-corrected chi connectivity index (χ0v) is 14.8. The van der Waals surface area contributed by atoms with E-state index in [9.17, 15) is 0 Å². The lowest BCUT2D eigenvalue weighted by Crippen LogP contribution is -2.33. The van der Waals surface area contributed by atoms with Crippen molar-refractivity contribution in [1.29, 1.82) is 0 Å². The number of halogens is 1. The normalized spacial score (nSPS) is 14.0. The van der Waals surface area contributed by atoms with E-state index in [1.54, 1.807) is 0 Å². The second-order valence-electron chi connectivity index (χ2n) is 5.95. The SMILES string of the molecule is CCCCN(c1ccc(CC(N)CC)c(Cl)c1)C(C)CC. The van der Waals surface area contributed by atoms with E-state index >= 15 is 0 Å². The molecule has 0 aromatic heterocycles. The van der Waals surface area contributed by atoms with Crippen LogP contribution in [0.25, 0.3) is 0 Å². The summed E-state index contributed by atoms with van der Waals surface area (Å²) in [5, 5.41) is 0.848. The van der Waals surface area contributed by atoms with Gasteiger partial charge in [0.05, 0.1) is 0 Å². The Hall–Kier alpha value is -0.730. The van der Waals surface area contributed by atoms with E-state index in [1.165, 1.54) is 18.5 Å². The van der Waals surface area contributed by atoms with E-state index in [1.807, 2.05) is 0 Å². The molecule has 0 saturated heterocycles. The van der Waals surface area contributed by atoms with Crippen molar-refractivity contribution in [3.05, 3.63) is 28.8 Å². The number of anilines is 1. The summed E-state index contributed by atoms with van der Waals surface area (Å²) < 4.78 is 0. The maximum atomic E-state index is 6.47. The quantitative estimate of drug-likeness (QED) is 0.693. The fraction of sp³-hybridized carbons (Fsp3) is 0.667. The van der Waals surface area contributed by atoms with Gasteiger partial charge in [-0.1, -0.05) is 44.9 Å². The average Bonchev–Trinajstić information content (AvgIpc) is 2.49. The molecule has 2 unspecified atom stereocenters. The molecule has 2 nitrogen and oxygen atoms in total. The lowest BCUT2D eigenvalue weighted by Gasteiger charge is -2.31. The Bertz CT molecular complexity index is 420. The van der Waals surface area contributed by atoms with Crippen LogP contribution in [0.3, 0.4) is 0 Å². The van der Waals surface area contributed by atoms with E-state index in [0.717, 1.165) is 36.4 Å². The van der Waals surface area contributed by atoms with Crippen molar-refractivity contribution in [3.63, 3.8) is 0 Å². The third-order valence-electron chi connectivity index (χ3n) is 4.25. The topological polar surface area (TPSA) is 29.3 Å². The van der Waals surface area contributed by atoms with Crippen LogP contribution >= 0.6 is 11.6 Å². The largest absolute Gasteiger partial charge is 0.369 e. The molecule has 0 aliphatic rings. The molecule has 1 rings (SSSR count). The fourth-order valence-electron chi connectivity index (χ4n) is 2.46. The molecule has 2 atom stereocenters. The average molecular weight is 311 g/mol. The Morgan fingerprint density at radius 3 is 2.43 bits per heavy atom. The highest BCUT2D eigenvalue weighted by Crippen LogP contribution is 2.27. The van der Waals surface area contributed by atoms with Crippen molar-refractivity contribution in [2.24, 2.45) is 5.73 Å². The molecule has 0 heterocycles. The van der Waals surface area contributed by atoms with Crippen LogP contribution in [0, 0.1) is 0 Å². The summed E-state index contributed by atoms with van der Waals surface area (Å²) in [4.78, 5) is 2.47. The highest BCUT2D eigenvalue weighted by molar-refractivity contribution is 6.31. The molecular weight excluding hydrogens is 280 g/mol. The van der Waals surface area contributed by atoms with Gasteiger partial charge in [-0.25, -0.2) is 0 Å².